The molecule has 2 heterocycles. The van der Waals surface area contributed by atoms with Gasteiger partial charge in [0, 0.05) is 37.8 Å². The van der Waals surface area contributed by atoms with E-state index in [2.05, 4.69) is 23.9 Å². The van der Waals surface area contributed by atoms with Crippen LogP contribution in [0.5, 0.6) is 0 Å². The summed E-state index contributed by atoms with van der Waals surface area (Å²) < 4.78 is 5.36. The van der Waals surface area contributed by atoms with Gasteiger partial charge in [0.25, 0.3) is 0 Å². The van der Waals surface area contributed by atoms with Crippen molar-refractivity contribution in [3.05, 3.63) is 0 Å². The highest BCUT2D eigenvalue weighted by Gasteiger charge is 2.36. The summed E-state index contributed by atoms with van der Waals surface area (Å²) in [5.74, 6) is 0. The first-order valence-electron chi connectivity index (χ1n) is 6.58. The smallest absolute Gasteiger partial charge is 0.127 e. The Hall–Kier alpha value is -0.450. The normalized spacial score (nSPS) is 29.7. The summed E-state index contributed by atoms with van der Waals surface area (Å²) in [6.07, 6.45) is 4.18. The van der Waals surface area contributed by atoms with Gasteiger partial charge < -0.3 is 19.3 Å². The molecule has 0 aromatic carbocycles. The summed E-state index contributed by atoms with van der Waals surface area (Å²) in [6.45, 7) is 4.63. The maximum Gasteiger partial charge on any atom is 0.127 e. The Bertz CT molecular complexity index is 262. The molecule has 2 rings (SSSR count). The van der Waals surface area contributed by atoms with E-state index in [4.69, 9.17) is 4.74 Å². The molecule has 0 aromatic rings. The molecule has 0 bridgehead atoms. The number of carbonyl (C=O) groups is 1. The number of hydrogen-bond acceptors (Lipinski definition) is 4. The van der Waals surface area contributed by atoms with Crippen LogP contribution < -0.4 is 0 Å². The van der Waals surface area contributed by atoms with Crippen molar-refractivity contribution >= 4 is 6.29 Å². The van der Waals surface area contributed by atoms with Crippen molar-refractivity contribution in [3.8, 4) is 0 Å². The van der Waals surface area contributed by atoms with Gasteiger partial charge in [-0.2, -0.15) is 0 Å². The van der Waals surface area contributed by atoms with Crippen molar-refractivity contribution in [2.75, 3.05) is 46.9 Å². The molecule has 2 aliphatic heterocycles. The molecule has 0 N–H and O–H groups in total. The van der Waals surface area contributed by atoms with Gasteiger partial charge in [-0.05, 0) is 39.9 Å². The van der Waals surface area contributed by atoms with Crippen LogP contribution in [0.2, 0.25) is 0 Å². The van der Waals surface area contributed by atoms with Gasteiger partial charge >= 0.3 is 0 Å². The largest absolute Gasteiger partial charge is 0.381 e. The van der Waals surface area contributed by atoms with E-state index < -0.39 is 0 Å². The average Bonchev–Trinajstić information content (AvgIpc) is 2.79. The van der Waals surface area contributed by atoms with Crippen molar-refractivity contribution in [1.82, 2.24) is 9.80 Å². The second kappa shape index (κ2) is 5.46. The van der Waals surface area contributed by atoms with Gasteiger partial charge in [0.2, 0.25) is 0 Å². The fourth-order valence-corrected chi connectivity index (χ4v) is 2.91. The summed E-state index contributed by atoms with van der Waals surface area (Å²) in [5, 5.41) is 0. The maximum atomic E-state index is 11.4. The van der Waals surface area contributed by atoms with Gasteiger partial charge in [-0.1, -0.05) is 0 Å². The molecular formula is C13H24N2O2. The van der Waals surface area contributed by atoms with E-state index in [0.29, 0.717) is 6.04 Å². The van der Waals surface area contributed by atoms with Crippen LogP contribution >= 0.6 is 0 Å². The Labute approximate surface area is 104 Å². The third-order valence-corrected chi connectivity index (χ3v) is 4.25. The number of likely N-dealkylation sites (tertiary alicyclic amines) is 1. The van der Waals surface area contributed by atoms with Crippen molar-refractivity contribution in [2.24, 2.45) is 5.41 Å². The fourth-order valence-electron chi connectivity index (χ4n) is 2.91. The van der Waals surface area contributed by atoms with Crippen LogP contribution in [0.1, 0.15) is 19.3 Å². The minimum Gasteiger partial charge on any atom is -0.381 e. The molecule has 0 amide bonds. The van der Waals surface area contributed by atoms with Crippen molar-refractivity contribution in [1.29, 1.82) is 0 Å². The molecule has 4 nitrogen and oxygen atoms in total. The summed E-state index contributed by atoms with van der Waals surface area (Å²) >= 11 is 0. The van der Waals surface area contributed by atoms with Crippen LogP contribution in [-0.4, -0.2) is 69.1 Å². The highest BCUT2D eigenvalue weighted by Crippen LogP contribution is 2.30. The number of aldehydes is 1. The number of likely N-dealkylation sites (N-methyl/N-ethyl adjacent to an activating group) is 1. The zero-order valence-corrected chi connectivity index (χ0v) is 11.0. The van der Waals surface area contributed by atoms with Gasteiger partial charge in [-0.15, -0.1) is 0 Å². The third-order valence-electron chi connectivity index (χ3n) is 4.25. The van der Waals surface area contributed by atoms with Crippen LogP contribution in [0.15, 0.2) is 0 Å². The second-order valence-electron chi connectivity index (χ2n) is 5.73. The average molecular weight is 240 g/mol. The molecule has 0 spiro atoms. The summed E-state index contributed by atoms with van der Waals surface area (Å²) in [6, 6.07) is 0.651. The lowest BCUT2D eigenvalue weighted by atomic mass is 9.81. The van der Waals surface area contributed by atoms with E-state index in [1.807, 2.05) is 0 Å². The molecule has 0 aromatic heterocycles. The quantitative estimate of drug-likeness (QED) is 0.674. The Morgan fingerprint density at radius 2 is 2.12 bits per heavy atom. The predicted molar refractivity (Wildman–Crippen MR) is 67.1 cm³/mol. The topological polar surface area (TPSA) is 32.8 Å². The first-order valence-corrected chi connectivity index (χ1v) is 6.58. The Morgan fingerprint density at radius 3 is 2.65 bits per heavy atom. The van der Waals surface area contributed by atoms with Crippen molar-refractivity contribution in [2.45, 2.75) is 25.3 Å². The standard InChI is InChI=1S/C13H24N2O2/c1-14(2)12-3-6-15(9-12)10-13(11-16)4-7-17-8-5-13/h11-12H,3-10H2,1-2H3. The Kier molecular flexibility index (Phi) is 4.17. The molecular weight excluding hydrogens is 216 g/mol. The van der Waals surface area contributed by atoms with E-state index in [1.165, 1.54) is 12.7 Å². The first-order chi connectivity index (χ1) is 8.15. The highest BCUT2D eigenvalue weighted by molar-refractivity contribution is 5.60. The van der Waals surface area contributed by atoms with Gasteiger partial charge in [0.05, 0.1) is 0 Å². The van der Waals surface area contributed by atoms with E-state index in [-0.39, 0.29) is 5.41 Å². The summed E-state index contributed by atoms with van der Waals surface area (Å²) in [4.78, 5) is 16.1. The molecule has 1 unspecified atom stereocenters. The molecule has 2 aliphatic rings. The minimum atomic E-state index is -0.139. The van der Waals surface area contributed by atoms with Gasteiger partial charge in [-0.3, -0.25) is 0 Å². The lowest BCUT2D eigenvalue weighted by Gasteiger charge is -2.35. The predicted octanol–water partition coefficient (Wildman–Crippen LogP) is 0.618. The minimum absolute atomic E-state index is 0.139. The highest BCUT2D eigenvalue weighted by atomic mass is 16.5. The van der Waals surface area contributed by atoms with Crippen LogP contribution in [0, 0.1) is 5.41 Å². The SMILES string of the molecule is CN(C)C1CCN(CC2(C=O)CCOCC2)C1. The van der Waals surface area contributed by atoms with Crippen LogP contribution in [0.4, 0.5) is 0 Å². The number of hydrogen-bond donors (Lipinski definition) is 0. The zero-order chi connectivity index (χ0) is 12.3. The zero-order valence-electron chi connectivity index (χ0n) is 11.0. The van der Waals surface area contributed by atoms with E-state index >= 15 is 0 Å². The molecule has 17 heavy (non-hydrogen) atoms. The van der Waals surface area contributed by atoms with E-state index in [0.717, 1.165) is 45.7 Å². The van der Waals surface area contributed by atoms with Crippen molar-refractivity contribution < 1.29 is 9.53 Å². The monoisotopic (exact) mass is 240 g/mol. The van der Waals surface area contributed by atoms with Crippen molar-refractivity contribution in [3.63, 3.8) is 0 Å². The van der Waals surface area contributed by atoms with Gasteiger partial charge in [-0.25, -0.2) is 0 Å². The molecule has 98 valence electrons. The number of rotatable bonds is 4. The fraction of sp³-hybridized carbons (Fsp3) is 0.923. The van der Waals surface area contributed by atoms with Crippen LogP contribution in [0.25, 0.3) is 0 Å². The number of ether oxygens (including phenoxy) is 1. The van der Waals surface area contributed by atoms with Crippen LogP contribution in [0.3, 0.4) is 0 Å². The molecule has 1 atom stereocenters. The molecule has 0 saturated carbocycles. The molecule has 2 saturated heterocycles. The molecule has 0 aliphatic carbocycles. The molecule has 2 fully saturated rings. The molecule has 0 radical (unpaired) electrons. The Balaban J connectivity index is 1.89. The molecule has 4 heteroatoms. The maximum absolute atomic E-state index is 11.4. The summed E-state index contributed by atoms with van der Waals surface area (Å²) in [5.41, 5.74) is -0.139. The van der Waals surface area contributed by atoms with Gasteiger partial charge in [0.1, 0.15) is 6.29 Å². The lowest BCUT2D eigenvalue weighted by molar-refractivity contribution is -0.122. The Morgan fingerprint density at radius 1 is 1.41 bits per heavy atom. The second-order valence-corrected chi connectivity index (χ2v) is 5.73. The third kappa shape index (κ3) is 3.06. The van der Waals surface area contributed by atoms with Gasteiger partial charge in [0.15, 0.2) is 0 Å². The lowest BCUT2D eigenvalue weighted by Crippen LogP contribution is -2.43. The number of carbonyl (C=O) groups excluding carboxylic acids is 1. The van der Waals surface area contributed by atoms with E-state index in [9.17, 15) is 4.79 Å². The summed E-state index contributed by atoms with van der Waals surface area (Å²) in [7, 11) is 4.27. The number of nitrogens with zero attached hydrogens (tertiary/aromatic N) is 2. The van der Waals surface area contributed by atoms with Crippen LogP contribution in [-0.2, 0) is 9.53 Å². The first kappa shape index (κ1) is 13.0. The van der Waals surface area contributed by atoms with E-state index in [1.54, 1.807) is 0 Å².